The van der Waals surface area contributed by atoms with Crippen LogP contribution in [-0.4, -0.2) is 30.4 Å². The first-order chi connectivity index (χ1) is 9.15. The van der Waals surface area contributed by atoms with Crippen LogP contribution in [0.25, 0.3) is 0 Å². The molecule has 2 rings (SSSR count). The summed E-state index contributed by atoms with van der Waals surface area (Å²) in [5.41, 5.74) is 1.15. The highest BCUT2D eigenvalue weighted by atomic mass is 16.5. The predicted molar refractivity (Wildman–Crippen MR) is 77.0 cm³/mol. The summed E-state index contributed by atoms with van der Waals surface area (Å²) in [5.74, 6) is 0.837. The van der Waals surface area contributed by atoms with Gasteiger partial charge in [-0.05, 0) is 31.2 Å². The maximum Gasteiger partial charge on any atom is 0.0898 e. The molecule has 19 heavy (non-hydrogen) atoms. The molecule has 0 spiro atoms. The molecule has 0 aromatic heterocycles. The number of hydrogen-bond acceptors (Lipinski definition) is 3. The predicted octanol–water partition coefficient (Wildman–Crippen LogP) is 2.51. The van der Waals surface area contributed by atoms with Crippen molar-refractivity contribution in [3.8, 4) is 0 Å². The molecular formula is C16H25NO2. The minimum Gasteiger partial charge on any atom is -0.389 e. The summed E-state index contributed by atoms with van der Waals surface area (Å²) in [6, 6.07) is 10.7. The van der Waals surface area contributed by atoms with Crippen LogP contribution in [-0.2, 0) is 4.74 Å². The molecule has 1 aliphatic carbocycles. The topological polar surface area (TPSA) is 41.5 Å². The van der Waals surface area contributed by atoms with Crippen LogP contribution in [0.5, 0.6) is 0 Å². The monoisotopic (exact) mass is 263 g/mol. The summed E-state index contributed by atoms with van der Waals surface area (Å²) >= 11 is 0. The summed E-state index contributed by atoms with van der Waals surface area (Å²) in [4.78, 5) is 0. The van der Waals surface area contributed by atoms with E-state index < -0.39 is 6.10 Å². The first kappa shape index (κ1) is 14.5. The van der Waals surface area contributed by atoms with Crippen molar-refractivity contribution in [3.05, 3.63) is 35.9 Å². The zero-order valence-corrected chi connectivity index (χ0v) is 11.9. The van der Waals surface area contributed by atoms with E-state index in [9.17, 15) is 5.11 Å². The van der Waals surface area contributed by atoms with Crippen molar-refractivity contribution in [1.29, 1.82) is 0 Å². The van der Waals surface area contributed by atoms with Gasteiger partial charge >= 0.3 is 0 Å². The van der Waals surface area contributed by atoms with E-state index in [0.717, 1.165) is 11.5 Å². The first-order valence-corrected chi connectivity index (χ1v) is 7.23. The van der Waals surface area contributed by atoms with Gasteiger partial charge in [0.1, 0.15) is 0 Å². The SMILES string of the molecule is CC1CC(NCC(O)COC(C)c2ccccc2)C1. The maximum absolute atomic E-state index is 9.89. The van der Waals surface area contributed by atoms with Crippen molar-refractivity contribution < 1.29 is 9.84 Å². The Morgan fingerprint density at radius 3 is 2.63 bits per heavy atom. The Kier molecular flexibility index (Phi) is 5.37. The number of rotatable bonds is 7. The molecule has 1 saturated carbocycles. The smallest absolute Gasteiger partial charge is 0.0898 e. The van der Waals surface area contributed by atoms with Crippen LogP contribution in [0.3, 0.4) is 0 Å². The number of ether oxygens (including phenoxy) is 1. The lowest BCUT2D eigenvalue weighted by Gasteiger charge is -2.34. The van der Waals surface area contributed by atoms with Gasteiger partial charge in [0.05, 0.1) is 18.8 Å². The molecule has 1 aliphatic rings. The summed E-state index contributed by atoms with van der Waals surface area (Å²) in [5, 5.41) is 13.3. The van der Waals surface area contributed by atoms with Gasteiger partial charge < -0.3 is 15.2 Å². The van der Waals surface area contributed by atoms with Crippen LogP contribution in [0, 0.1) is 5.92 Å². The molecule has 0 saturated heterocycles. The molecule has 0 heterocycles. The van der Waals surface area contributed by atoms with Crippen molar-refractivity contribution in [3.63, 3.8) is 0 Å². The minimum absolute atomic E-state index is 0.0274. The van der Waals surface area contributed by atoms with E-state index in [0.29, 0.717) is 19.2 Å². The molecule has 1 fully saturated rings. The summed E-state index contributed by atoms with van der Waals surface area (Å²) in [7, 11) is 0. The second kappa shape index (κ2) is 7.04. The van der Waals surface area contributed by atoms with E-state index in [1.165, 1.54) is 12.8 Å². The summed E-state index contributed by atoms with van der Waals surface area (Å²) in [6.45, 7) is 5.28. The average molecular weight is 263 g/mol. The van der Waals surface area contributed by atoms with E-state index in [4.69, 9.17) is 4.74 Å². The first-order valence-electron chi connectivity index (χ1n) is 7.23. The Bertz CT molecular complexity index is 362. The van der Waals surface area contributed by atoms with E-state index in [-0.39, 0.29) is 6.10 Å². The Balaban J connectivity index is 1.62. The standard InChI is InChI=1S/C16H25NO2/c1-12-8-15(9-12)17-10-16(18)11-19-13(2)14-6-4-3-5-7-14/h3-7,12-13,15-18H,8-11H2,1-2H3. The van der Waals surface area contributed by atoms with E-state index in [2.05, 4.69) is 12.2 Å². The molecule has 1 aromatic carbocycles. The normalized spacial score (nSPS) is 25.6. The molecular weight excluding hydrogens is 238 g/mol. The maximum atomic E-state index is 9.89. The van der Waals surface area contributed by atoms with Gasteiger partial charge in [0.2, 0.25) is 0 Å². The van der Waals surface area contributed by atoms with Gasteiger partial charge in [-0.2, -0.15) is 0 Å². The lowest BCUT2D eigenvalue weighted by Crippen LogP contribution is -2.44. The number of nitrogens with one attached hydrogen (secondary N) is 1. The lowest BCUT2D eigenvalue weighted by molar-refractivity contribution is -0.00445. The summed E-state index contributed by atoms with van der Waals surface area (Å²) in [6.07, 6.45) is 2.06. The fraction of sp³-hybridized carbons (Fsp3) is 0.625. The molecule has 106 valence electrons. The van der Waals surface area contributed by atoms with Gasteiger partial charge in [-0.3, -0.25) is 0 Å². The van der Waals surface area contributed by atoms with Crippen molar-refractivity contribution in [2.75, 3.05) is 13.2 Å². The molecule has 0 amide bonds. The van der Waals surface area contributed by atoms with Gasteiger partial charge in [0.25, 0.3) is 0 Å². The Morgan fingerprint density at radius 2 is 2.00 bits per heavy atom. The molecule has 2 N–H and O–H groups in total. The van der Waals surface area contributed by atoms with Gasteiger partial charge in [0, 0.05) is 12.6 Å². The molecule has 1 aromatic rings. The second-order valence-electron chi connectivity index (χ2n) is 5.72. The highest BCUT2D eigenvalue weighted by Gasteiger charge is 2.25. The van der Waals surface area contributed by atoms with Gasteiger partial charge in [-0.1, -0.05) is 37.3 Å². The molecule has 2 unspecified atom stereocenters. The zero-order valence-electron chi connectivity index (χ0n) is 11.9. The zero-order chi connectivity index (χ0) is 13.7. The van der Waals surface area contributed by atoms with E-state index >= 15 is 0 Å². The fourth-order valence-corrected chi connectivity index (χ4v) is 2.51. The number of aliphatic hydroxyl groups excluding tert-OH is 1. The molecule has 0 aliphatic heterocycles. The van der Waals surface area contributed by atoms with Crippen LogP contribution in [0.4, 0.5) is 0 Å². The van der Waals surface area contributed by atoms with Crippen LogP contribution in [0.15, 0.2) is 30.3 Å². The van der Waals surface area contributed by atoms with Crippen molar-refractivity contribution in [2.24, 2.45) is 5.92 Å². The highest BCUT2D eigenvalue weighted by Crippen LogP contribution is 2.26. The number of aliphatic hydroxyl groups is 1. The van der Waals surface area contributed by atoms with Gasteiger partial charge in [0.15, 0.2) is 0 Å². The third-order valence-corrected chi connectivity index (χ3v) is 3.82. The third kappa shape index (κ3) is 4.60. The molecule has 0 bridgehead atoms. The molecule has 3 heteroatoms. The van der Waals surface area contributed by atoms with E-state index in [1.807, 2.05) is 37.3 Å². The lowest BCUT2D eigenvalue weighted by atomic mass is 9.82. The van der Waals surface area contributed by atoms with Crippen molar-refractivity contribution >= 4 is 0 Å². The van der Waals surface area contributed by atoms with Gasteiger partial charge in [-0.15, -0.1) is 0 Å². The Labute approximate surface area is 116 Å². The van der Waals surface area contributed by atoms with Crippen LogP contribution in [0.1, 0.15) is 38.4 Å². The van der Waals surface area contributed by atoms with Gasteiger partial charge in [-0.25, -0.2) is 0 Å². The van der Waals surface area contributed by atoms with Crippen LogP contribution in [0.2, 0.25) is 0 Å². The molecule has 0 radical (unpaired) electrons. The highest BCUT2D eigenvalue weighted by molar-refractivity contribution is 5.16. The van der Waals surface area contributed by atoms with Crippen LogP contribution >= 0.6 is 0 Å². The van der Waals surface area contributed by atoms with Crippen LogP contribution < -0.4 is 5.32 Å². The number of benzene rings is 1. The Morgan fingerprint density at radius 1 is 1.32 bits per heavy atom. The van der Waals surface area contributed by atoms with E-state index in [1.54, 1.807) is 0 Å². The molecule has 3 nitrogen and oxygen atoms in total. The quantitative estimate of drug-likeness (QED) is 0.794. The average Bonchev–Trinajstić information content (AvgIpc) is 2.40. The fourth-order valence-electron chi connectivity index (χ4n) is 2.51. The second-order valence-corrected chi connectivity index (χ2v) is 5.72. The van der Waals surface area contributed by atoms with Crippen molar-refractivity contribution in [1.82, 2.24) is 5.32 Å². The minimum atomic E-state index is -0.429. The third-order valence-electron chi connectivity index (χ3n) is 3.82. The Hall–Kier alpha value is -0.900. The molecule has 2 atom stereocenters. The number of hydrogen-bond donors (Lipinski definition) is 2. The largest absolute Gasteiger partial charge is 0.389 e. The van der Waals surface area contributed by atoms with Crippen molar-refractivity contribution in [2.45, 2.75) is 44.9 Å². The summed E-state index contributed by atoms with van der Waals surface area (Å²) < 4.78 is 5.70.